The highest BCUT2D eigenvalue weighted by molar-refractivity contribution is 6.28. The van der Waals surface area contributed by atoms with Crippen molar-refractivity contribution in [3.05, 3.63) is 11.0 Å². The van der Waals surface area contributed by atoms with E-state index in [1.165, 1.54) is 19.3 Å². The number of nitrogens with one attached hydrogen (secondary N) is 1. The molecule has 1 heterocycles. The van der Waals surface area contributed by atoms with Gasteiger partial charge >= 0.3 is 0 Å². The summed E-state index contributed by atoms with van der Waals surface area (Å²) in [6, 6.07) is 0. The van der Waals surface area contributed by atoms with Gasteiger partial charge in [-0.3, -0.25) is 0 Å². The van der Waals surface area contributed by atoms with E-state index in [0.29, 0.717) is 11.5 Å². The first kappa shape index (κ1) is 11.5. The molecule has 0 amide bonds. The van der Waals surface area contributed by atoms with Crippen molar-refractivity contribution >= 4 is 23.1 Å². The molecule has 1 fully saturated rings. The van der Waals surface area contributed by atoms with Crippen LogP contribution in [0.1, 0.15) is 31.4 Å². The summed E-state index contributed by atoms with van der Waals surface area (Å²) < 4.78 is 0. The molecule has 0 spiro atoms. The summed E-state index contributed by atoms with van der Waals surface area (Å²) in [5.74, 6) is 1.63. The van der Waals surface area contributed by atoms with Gasteiger partial charge in [-0.15, -0.1) is 0 Å². The average molecular weight is 241 g/mol. The third kappa shape index (κ3) is 2.98. The van der Waals surface area contributed by atoms with Gasteiger partial charge in [-0.05, 0) is 37.3 Å². The lowest BCUT2D eigenvalue weighted by Crippen LogP contribution is -2.09. The van der Waals surface area contributed by atoms with Crippen molar-refractivity contribution in [2.24, 2.45) is 5.92 Å². The first-order chi connectivity index (χ1) is 7.66. The van der Waals surface area contributed by atoms with Gasteiger partial charge in [0.2, 0.25) is 5.28 Å². The monoisotopic (exact) mass is 240 g/mol. The molecule has 88 valence electrons. The first-order valence-corrected chi connectivity index (χ1v) is 6.08. The van der Waals surface area contributed by atoms with Crippen molar-refractivity contribution in [3.63, 3.8) is 0 Å². The minimum atomic E-state index is 0.247. The highest BCUT2D eigenvalue weighted by atomic mass is 35.5. The zero-order valence-corrected chi connectivity index (χ0v) is 10.2. The van der Waals surface area contributed by atoms with Crippen LogP contribution in [0.5, 0.6) is 0 Å². The lowest BCUT2D eigenvalue weighted by molar-refractivity contribution is 0.686. The molecule has 5 heteroatoms. The highest BCUT2D eigenvalue weighted by Crippen LogP contribution is 2.33. The van der Waals surface area contributed by atoms with Gasteiger partial charge in [-0.1, -0.05) is 12.8 Å². The van der Waals surface area contributed by atoms with E-state index in [4.69, 9.17) is 17.3 Å². The Balaban J connectivity index is 1.86. The molecule has 1 aliphatic carbocycles. The van der Waals surface area contributed by atoms with Crippen molar-refractivity contribution in [2.75, 3.05) is 17.6 Å². The maximum atomic E-state index is 5.86. The van der Waals surface area contributed by atoms with E-state index in [9.17, 15) is 0 Å². The number of anilines is 2. The number of hydrogen-bond donors (Lipinski definition) is 2. The molecule has 1 aromatic rings. The molecule has 1 aromatic heterocycles. The van der Waals surface area contributed by atoms with Gasteiger partial charge in [0, 0.05) is 6.54 Å². The number of nitrogen functional groups attached to an aromatic ring is 1. The van der Waals surface area contributed by atoms with Gasteiger partial charge in [0.25, 0.3) is 0 Å². The molecule has 1 aliphatic rings. The minimum absolute atomic E-state index is 0.247. The number of halogens is 1. The predicted octanol–water partition coefficient (Wildman–Crippen LogP) is 2.62. The summed E-state index contributed by atoms with van der Waals surface area (Å²) in [4.78, 5) is 8.07. The Morgan fingerprint density at radius 2 is 2.19 bits per heavy atom. The van der Waals surface area contributed by atoms with Crippen molar-refractivity contribution in [2.45, 2.75) is 32.6 Å². The van der Waals surface area contributed by atoms with Crippen LogP contribution in [0.4, 0.5) is 11.5 Å². The first-order valence-electron chi connectivity index (χ1n) is 5.70. The zero-order valence-electron chi connectivity index (χ0n) is 9.46. The maximum Gasteiger partial charge on any atom is 0.224 e. The normalized spacial score (nSPS) is 15.1. The second-order valence-electron chi connectivity index (χ2n) is 4.35. The smallest absolute Gasteiger partial charge is 0.224 e. The fourth-order valence-corrected chi connectivity index (χ4v) is 1.90. The van der Waals surface area contributed by atoms with Crippen LogP contribution in [0.3, 0.4) is 0 Å². The van der Waals surface area contributed by atoms with Gasteiger partial charge < -0.3 is 11.1 Å². The molecule has 0 saturated heterocycles. The topological polar surface area (TPSA) is 63.8 Å². The lowest BCUT2D eigenvalue weighted by atomic mass is 10.2. The molecule has 3 N–H and O–H groups in total. The molecule has 0 radical (unpaired) electrons. The Kier molecular flexibility index (Phi) is 3.49. The predicted molar refractivity (Wildman–Crippen MR) is 66.6 cm³/mol. The Bertz CT molecular complexity index is 376. The van der Waals surface area contributed by atoms with Crippen LogP contribution in [0.15, 0.2) is 0 Å². The Morgan fingerprint density at radius 3 is 2.88 bits per heavy atom. The second-order valence-corrected chi connectivity index (χ2v) is 4.69. The van der Waals surface area contributed by atoms with E-state index in [2.05, 4.69) is 15.3 Å². The summed E-state index contributed by atoms with van der Waals surface area (Å²) in [6.45, 7) is 2.73. The molecule has 4 nitrogen and oxygen atoms in total. The van der Waals surface area contributed by atoms with Crippen LogP contribution < -0.4 is 11.1 Å². The SMILES string of the molecule is Cc1nc(Cl)nc(NCCCC2CC2)c1N. The van der Waals surface area contributed by atoms with Crippen LogP contribution in [-0.4, -0.2) is 16.5 Å². The standard InChI is InChI=1S/C11H17ClN4/c1-7-9(13)10(16-11(12)15-7)14-6-2-3-8-4-5-8/h8H,2-6,13H2,1H3,(H,14,15,16). The molecule has 16 heavy (non-hydrogen) atoms. The average Bonchev–Trinajstić information content (AvgIpc) is 3.03. The van der Waals surface area contributed by atoms with Gasteiger partial charge in [0.15, 0.2) is 5.82 Å². The van der Waals surface area contributed by atoms with Crippen LogP contribution in [-0.2, 0) is 0 Å². The number of rotatable bonds is 5. The number of hydrogen-bond acceptors (Lipinski definition) is 4. The van der Waals surface area contributed by atoms with E-state index in [1.807, 2.05) is 6.92 Å². The number of aryl methyl sites for hydroxylation is 1. The summed E-state index contributed by atoms with van der Waals surface area (Å²) >= 11 is 5.78. The van der Waals surface area contributed by atoms with Gasteiger partial charge in [-0.2, -0.15) is 4.98 Å². The Hall–Kier alpha value is -1.03. The fourth-order valence-electron chi connectivity index (χ4n) is 1.69. The van der Waals surface area contributed by atoms with E-state index in [-0.39, 0.29) is 5.28 Å². The summed E-state index contributed by atoms with van der Waals surface area (Å²) in [5.41, 5.74) is 7.18. The number of aromatic nitrogens is 2. The zero-order chi connectivity index (χ0) is 11.5. The van der Waals surface area contributed by atoms with Crippen molar-refractivity contribution < 1.29 is 0 Å². The summed E-state index contributed by atoms with van der Waals surface area (Å²) in [5, 5.41) is 3.46. The third-order valence-electron chi connectivity index (χ3n) is 2.89. The van der Waals surface area contributed by atoms with Crippen molar-refractivity contribution in [1.82, 2.24) is 9.97 Å². The molecular formula is C11H17ClN4. The Morgan fingerprint density at radius 1 is 1.44 bits per heavy atom. The summed E-state index contributed by atoms with van der Waals surface area (Å²) in [7, 11) is 0. The second kappa shape index (κ2) is 4.87. The maximum absolute atomic E-state index is 5.86. The van der Waals surface area contributed by atoms with Crippen molar-refractivity contribution in [1.29, 1.82) is 0 Å². The quantitative estimate of drug-likeness (QED) is 0.614. The van der Waals surface area contributed by atoms with Crippen molar-refractivity contribution in [3.8, 4) is 0 Å². The van der Waals surface area contributed by atoms with E-state index < -0.39 is 0 Å². The minimum Gasteiger partial charge on any atom is -0.394 e. The number of nitrogens with zero attached hydrogens (tertiary/aromatic N) is 2. The lowest BCUT2D eigenvalue weighted by Gasteiger charge is -2.09. The van der Waals surface area contributed by atoms with Gasteiger partial charge in [0.1, 0.15) is 0 Å². The van der Waals surface area contributed by atoms with Crippen LogP contribution >= 0.6 is 11.6 Å². The molecule has 0 atom stereocenters. The molecule has 2 rings (SSSR count). The number of nitrogens with two attached hydrogens (primary N) is 1. The van der Waals surface area contributed by atoms with E-state index in [0.717, 1.165) is 24.6 Å². The summed E-state index contributed by atoms with van der Waals surface area (Å²) in [6.07, 6.45) is 5.26. The molecule has 0 aliphatic heterocycles. The Labute approximate surface area is 101 Å². The van der Waals surface area contributed by atoms with Crippen LogP contribution in [0.2, 0.25) is 5.28 Å². The molecule has 0 aromatic carbocycles. The fraction of sp³-hybridized carbons (Fsp3) is 0.636. The van der Waals surface area contributed by atoms with Crippen LogP contribution in [0.25, 0.3) is 0 Å². The van der Waals surface area contributed by atoms with Gasteiger partial charge in [-0.25, -0.2) is 4.98 Å². The highest BCUT2D eigenvalue weighted by Gasteiger charge is 2.20. The molecule has 1 saturated carbocycles. The largest absolute Gasteiger partial charge is 0.394 e. The van der Waals surface area contributed by atoms with Crippen LogP contribution in [0, 0.1) is 12.8 Å². The third-order valence-corrected chi connectivity index (χ3v) is 3.06. The molecule has 0 unspecified atom stereocenters. The molecular weight excluding hydrogens is 224 g/mol. The van der Waals surface area contributed by atoms with Gasteiger partial charge in [0.05, 0.1) is 11.4 Å². The van der Waals surface area contributed by atoms with E-state index >= 15 is 0 Å². The van der Waals surface area contributed by atoms with E-state index in [1.54, 1.807) is 0 Å². The molecule has 0 bridgehead atoms.